The Bertz CT molecular complexity index is 1370. The van der Waals surface area contributed by atoms with E-state index in [9.17, 15) is 15.0 Å². The van der Waals surface area contributed by atoms with E-state index in [-0.39, 0.29) is 12.5 Å². The first-order valence-electron chi connectivity index (χ1n) is 27.9. The van der Waals surface area contributed by atoms with E-state index < -0.39 is 12.1 Å². The van der Waals surface area contributed by atoms with Crippen LogP contribution < -0.4 is 5.32 Å². The topological polar surface area (TPSA) is 69.6 Å². The van der Waals surface area contributed by atoms with Crippen LogP contribution in [0.2, 0.25) is 0 Å². The number of hydrogen-bond acceptors (Lipinski definition) is 3. The van der Waals surface area contributed by atoms with E-state index in [2.05, 4.69) is 141 Å². The maximum atomic E-state index is 12.5. The van der Waals surface area contributed by atoms with Crippen molar-refractivity contribution in [2.24, 2.45) is 0 Å². The van der Waals surface area contributed by atoms with Gasteiger partial charge in [-0.2, -0.15) is 0 Å². The highest BCUT2D eigenvalue weighted by Crippen LogP contribution is 2.14. The molecule has 2 atom stereocenters. The number of hydrogen-bond donors (Lipinski definition) is 3. The number of rotatable bonds is 49. The predicted octanol–water partition coefficient (Wildman–Crippen LogP) is 18.6. The molecule has 4 nitrogen and oxygen atoms in total. The third kappa shape index (κ3) is 53.4. The number of aliphatic hydroxyl groups excluding tert-OH is 2. The van der Waals surface area contributed by atoms with E-state index in [1.54, 1.807) is 6.08 Å². The Morgan fingerprint density at radius 3 is 1.04 bits per heavy atom. The number of carbonyl (C=O) groups is 1. The summed E-state index contributed by atoms with van der Waals surface area (Å²) in [6.45, 7) is 4.17. The van der Waals surface area contributed by atoms with Crippen LogP contribution in [0, 0.1) is 0 Å². The Labute approximate surface area is 415 Å². The molecule has 0 aromatic carbocycles. The number of aliphatic hydroxyl groups is 2. The van der Waals surface area contributed by atoms with Gasteiger partial charge in [-0.15, -0.1) is 0 Å². The Morgan fingerprint density at radius 2 is 0.672 bits per heavy atom. The van der Waals surface area contributed by atoms with Crippen LogP contribution in [-0.4, -0.2) is 34.9 Å². The Morgan fingerprint density at radius 1 is 0.373 bits per heavy atom. The summed E-state index contributed by atoms with van der Waals surface area (Å²) in [6, 6.07) is -0.655. The van der Waals surface area contributed by atoms with Gasteiger partial charge >= 0.3 is 0 Å². The van der Waals surface area contributed by atoms with Crippen molar-refractivity contribution in [1.29, 1.82) is 0 Å². The average Bonchev–Trinajstić information content (AvgIpc) is 3.33. The second kappa shape index (κ2) is 56.9. The number of allylic oxidation sites excluding steroid dienone is 21. The van der Waals surface area contributed by atoms with Crippen molar-refractivity contribution in [3.8, 4) is 0 Å². The van der Waals surface area contributed by atoms with Gasteiger partial charge in [-0.05, 0) is 109 Å². The number of nitrogens with one attached hydrogen (secondary N) is 1. The lowest BCUT2D eigenvalue weighted by molar-refractivity contribution is -0.123. The number of unbranched alkanes of at least 4 members (excludes halogenated alkanes) is 22. The SMILES string of the molecule is CC/C=C\C/C=C\C/C=C\C/C=C\C/C=C\C/C=C\C/C=C\C/C=C\CCCCCCCCCCCCCCC(=O)NC(CO)C(O)/C=C/CC/C=C/CC/C=C/CCCCCCCCCC. The van der Waals surface area contributed by atoms with E-state index in [0.717, 1.165) is 89.9 Å². The van der Waals surface area contributed by atoms with Crippen LogP contribution in [0.5, 0.6) is 0 Å². The second-order valence-corrected chi connectivity index (χ2v) is 18.2. The molecule has 0 aromatic rings. The molecule has 0 aromatic heterocycles. The van der Waals surface area contributed by atoms with Gasteiger partial charge in [-0.25, -0.2) is 0 Å². The molecule has 0 fully saturated rings. The lowest BCUT2D eigenvalue weighted by Crippen LogP contribution is -2.45. The molecule has 67 heavy (non-hydrogen) atoms. The smallest absolute Gasteiger partial charge is 0.220 e. The summed E-state index contributed by atoms with van der Waals surface area (Å²) in [4.78, 5) is 12.5. The van der Waals surface area contributed by atoms with E-state index in [0.29, 0.717) is 6.42 Å². The molecule has 0 heterocycles. The van der Waals surface area contributed by atoms with Gasteiger partial charge in [-0.1, -0.05) is 257 Å². The van der Waals surface area contributed by atoms with Crippen LogP contribution >= 0.6 is 0 Å². The molecule has 0 spiro atoms. The van der Waals surface area contributed by atoms with Gasteiger partial charge in [0.2, 0.25) is 5.91 Å². The molecule has 380 valence electrons. The minimum Gasteiger partial charge on any atom is -0.394 e. The van der Waals surface area contributed by atoms with Gasteiger partial charge in [0.15, 0.2) is 0 Å². The van der Waals surface area contributed by atoms with Gasteiger partial charge < -0.3 is 15.5 Å². The average molecular weight is 925 g/mol. The first kappa shape index (κ1) is 63.5. The monoisotopic (exact) mass is 924 g/mol. The minimum atomic E-state index is -0.879. The lowest BCUT2D eigenvalue weighted by Gasteiger charge is -2.19. The van der Waals surface area contributed by atoms with Crippen LogP contribution in [0.4, 0.5) is 0 Å². The predicted molar refractivity (Wildman–Crippen MR) is 299 cm³/mol. The Balaban J connectivity index is 3.62. The van der Waals surface area contributed by atoms with Crippen LogP contribution in [0.3, 0.4) is 0 Å². The summed E-state index contributed by atoms with van der Waals surface area (Å²) in [5, 5.41) is 23.1. The Kier molecular flexibility index (Phi) is 53.9. The van der Waals surface area contributed by atoms with Crippen molar-refractivity contribution in [1.82, 2.24) is 5.32 Å². The number of carbonyl (C=O) groups excluding carboxylic acids is 1. The molecule has 0 aliphatic carbocycles. The van der Waals surface area contributed by atoms with Crippen molar-refractivity contribution >= 4 is 5.91 Å². The fraction of sp³-hybridized carbons (Fsp3) is 0.635. The van der Waals surface area contributed by atoms with Gasteiger partial charge in [0.25, 0.3) is 0 Å². The van der Waals surface area contributed by atoms with Crippen molar-refractivity contribution < 1.29 is 15.0 Å². The van der Waals surface area contributed by atoms with Gasteiger partial charge in [0.1, 0.15) is 0 Å². The number of amides is 1. The quantitative estimate of drug-likeness (QED) is 0.0421. The van der Waals surface area contributed by atoms with Crippen LogP contribution in [0.1, 0.15) is 239 Å². The highest BCUT2D eigenvalue weighted by Gasteiger charge is 2.17. The van der Waals surface area contributed by atoms with Crippen molar-refractivity contribution in [2.75, 3.05) is 6.61 Å². The van der Waals surface area contributed by atoms with Gasteiger partial charge in [0, 0.05) is 6.42 Å². The molecule has 2 unspecified atom stereocenters. The molecule has 0 saturated heterocycles. The largest absolute Gasteiger partial charge is 0.394 e. The molecular weight excluding hydrogens is 819 g/mol. The highest BCUT2D eigenvalue weighted by atomic mass is 16.3. The van der Waals surface area contributed by atoms with Crippen molar-refractivity contribution in [3.63, 3.8) is 0 Å². The zero-order valence-electron chi connectivity index (χ0n) is 43.6. The van der Waals surface area contributed by atoms with Crippen molar-refractivity contribution in [2.45, 2.75) is 251 Å². The normalized spacial score (nSPS) is 13.9. The van der Waals surface area contributed by atoms with Gasteiger partial charge in [0.05, 0.1) is 18.8 Å². The third-order valence-electron chi connectivity index (χ3n) is 11.8. The van der Waals surface area contributed by atoms with Crippen LogP contribution in [-0.2, 0) is 4.79 Å². The molecule has 0 radical (unpaired) electrons. The van der Waals surface area contributed by atoms with E-state index in [4.69, 9.17) is 0 Å². The summed E-state index contributed by atoms with van der Waals surface area (Å²) in [5.41, 5.74) is 0. The molecule has 4 heteroatoms. The highest BCUT2D eigenvalue weighted by molar-refractivity contribution is 5.76. The van der Waals surface area contributed by atoms with E-state index in [1.807, 2.05) is 6.08 Å². The molecule has 3 N–H and O–H groups in total. The molecule has 0 rings (SSSR count). The second-order valence-electron chi connectivity index (χ2n) is 18.2. The molecule has 0 aliphatic rings. The van der Waals surface area contributed by atoms with Crippen molar-refractivity contribution in [3.05, 3.63) is 134 Å². The first-order chi connectivity index (χ1) is 33.2. The van der Waals surface area contributed by atoms with E-state index >= 15 is 0 Å². The van der Waals surface area contributed by atoms with E-state index in [1.165, 1.54) is 128 Å². The lowest BCUT2D eigenvalue weighted by atomic mass is 10.0. The molecule has 0 bridgehead atoms. The summed E-state index contributed by atoms with van der Waals surface area (Å²) >= 11 is 0. The maximum Gasteiger partial charge on any atom is 0.220 e. The standard InChI is InChI=1S/C63H105NO3/c1-3-5-7-9-11-13-15-17-19-21-23-24-25-26-27-28-29-30-31-32-33-34-35-36-37-38-39-40-41-43-45-47-49-51-53-55-57-59-63(67)64-61(60-65)62(66)58-56-54-52-50-48-46-44-42-22-20-18-16-14-12-10-8-6-4-2/h5,7,11,13,17,19,22-24,26-27,29-30,32-33,35-36,42,48,50,56,58,61-62,65-66H,3-4,6,8-10,12,14-16,18,20-21,25,28,31,34,37-41,43-47,49,51-55,57,59-60H2,1-2H3,(H,64,67)/b7-5-,13-11-,19-17-,24-23-,27-26-,30-29-,33-32-,36-35-,42-22+,50-48+,58-56+. The fourth-order valence-corrected chi connectivity index (χ4v) is 7.64. The molecular formula is C63H105NO3. The van der Waals surface area contributed by atoms with Crippen LogP contribution in [0.15, 0.2) is 134 Å². The zero-order valence-corrected chi connectivity index (χ0v) is 43.6. The summed E-state index contributed by atoms with van der Waals surface area (Å²) in [5.74, 6) is -0.0853. The molecule has 0 aliphatic heterocycles. The summed E-state index contributed by atoms with van der Waals surface area (Å²) < 4.78 is 0. The maximum absolute atomic E-state index is 12.5. The summed E-state index contributed by atoms with van der Waals surface area (Å²) in [6.07, 6.45) is 88.9. The fourth-order valence-electron chi connectivity index (χ4n) is 7.64. The molecule has 0 saturated carbocycles. The van der Waals surface area contributed by atoms with Crippen LogP contribution in [0.25, 0.3) is 0 Å². The first-order valence-corrected chi connectivity index (χ1v) is 27.9. The Hall–Kier alpha value is -3.47. The summed E-state index contributed by atoms with van der Waals surface area (Å²) in [7, 11) is 0. The van der Waals surface area contributed by atoms with Gasteiger partial charge in [-0.3, -0.25) is 4.79 Å². The zero-order chi connectivity index (χ0) is 48.5. The third-order valence-corrected chi connectivity index (χ3v) is 11.8. The minimum absolute atomic E-state index is 0.0853. The molecule has 1 amide bonds.